The van der Waals surface area contributed by atoms with Crippen molar-refractivity contribution in [2.45, 2.75) is 119 Å². The summed E-state index contributed by atoms with van der Waals surface area (Å²) in [5.41, 5.74) is 2.05. The van der Waals surface area contributed by atoms with E-state index in [1.54, 1.807) is 0 Å². The zero-order chi connectivity index (χ0) is 26.9. The SMILES string of the molecule is C/C=C\C(=C(/C)C1CCCC(CCCC(C)(C)CO)C1=O)C1CCCC(CCCC(C)(C)CO)C1=O. The summed E-state index contributed by atoms with van der Waals surface area (Å²) in [6.07, 6.45) is 15.6. The van der Waals surface area contributed by atoms with Gasteiger partial charge in [0.2, 0.25) is 0 Å². The van der Waals surface area contributed by atoms with Crippen LogP contribution in [0.15, 0.2) is 23.3 Å². The van der Waals surface area contributed by atoms with Crippen LogP contribution in [-0.4, -0.2) is 35.0 Å². The smallest absolute Gasteiger partial charge is 0.143 e. The molecule has 2 saturated carbocycles. The summed E-state index contributed by atoms with van der Waals surface area (Å²) in [5, 5.41) is 19.1. The van der Waals surface area contributed by atoms with Crippen LogP contribution in [0.5, 0.6) is 0 Å². The summed E-state index contributed by atoms with van der Waals surface area (Å²) in [6.45, 7) is 12.8. The Morgan fingerprint density at radius 3 is 1.69 bits per heavy atom. The van der Waals surface area contributed by atoms with Crippen LogP contribution >= 0.6 is 0 Å². The Hall–Kier alpha value is -1.26. The number of rotatable bonds is 13. The van der Waals surface area contributed by atoms with E-state index >= 15 is 0 Å². The third-order valence-electron chi connectivity index (χ3n) is 8.95. The molecule has 4 nitrogen and oxygen atoms in total. The summed E-state index contributed by atoms with van der Waals surface area (Å²) in [4.78, 5) is 27.2. The van der Waals surface area contributed by atoms with Crippen LogP contribution in [0.4, 0.5) is 0 Å². The van der Waals surface area contributed by atoms with Gasteiger partial charge in [0.25, 0.3) is 0 Å². The van der Waals surface area contributed by atoms with Crippen LogP contribution < -0.4 is 0 Å². The molecule has 0 bridgehead atoms. The number of aliphatic hydroxyl groups excluding tert-OH is 2. The maximum Gasteiger partial charge on any atom is 0.143 e. The largest absolute Gasteiger partial charge is 0.396 e. The van der Waals surface area contributed by atoms with E-state index in [1.165, 1.54) is 0 Å². The lowest BCUT2D eigenvalue weighted by Crippen LogP contribution is -2.33. The van der Waals surface area contributed by atoms with Crippen molar-refractivity contribution in [1.29, 1.82) is 0 Å². The molecule has 2 aliphatic carbocycles. The van der Waals surface area contributed by atoms with E-state index in [1.807, 2.05) is 13.0 Å². The van der Waals surface area contributed by atoms with Gasteiger partial charge in [-0.3, -0.25) is 9.59 Å². The van der Waals surface area contributed by atoms with Crippen LogP contribution in [0.3, 0.4) is 0 Å². The van der Waals surface area contributed by atoms with Crippen LogP contribution in [0.2, 0.25) is 0 Å². The molecule has 0 aromatic rings. The number of ketones is 2. The second-order valence-electron chi connectivity index (χ2n) is 13.2. The van der Waals surface area contributed by atoms with Gasteiger partial charge in [0.05, 0.1) is 0 Å². The Balaban J connectivity index is 2.13. The lowest BCUT2D eigenvalue weighted by molar-refractivity contribution is -0.129. The van der Waals surface area contributed by atoms with Crippen LogP contribution in [-0.2, 0) is 9.59 Å². The molecule has 36 heavy (non-hydrogen) atoms. The van der Waals surface area contributed by atoms with Crippen molar-refractivity contribution >= 4 is 11.6 Å². The first-order valence-electron chi connectivity index (χ1n) is 14.6. The summed E-state index contributed by atoms with van der Waals surface area (Å²) in [6, 6.07) is 0. The van der Waals surface area contributed by atoms with Gasteiger partial charge < -0.3 is 10.2 Å². The molecule has 206 valence electrons. The minimum Gasteiger partial charge on any atom is -0.396 e. The van der Waals surface area contributed by atoms with Crippen LogP contribution in [0.1, 0.15) is 119 Å². The number of carbonyl (C=O) groups is 2. The summed E-state index contributed by atoms with van der Waals surface area (Å²) in [7, 11) is 0. The summed E-state index contributed by atoms with van der Waals surface area (Å²) in [5.74, 6) is 0.763. The van der Waals surface area contributed by atoms with Crippen molar-refractivity contribution in [3.63, 3.8) is 0 Å². The molecule has 2 rings (SSSR count). The van der Waals surface area contributed by atoms with E-state index in [9.17, 15) is 19.8 Å². The number of allylic oxidation sites excluding steroid dienone is 4. The third kappa shape index (κ3) is 8.65. The third-order valence-corrected chi connectivity index (χ3v) is 8.95. The van der Waals surface area contributed by atoms with Crippen molar-refractivity contribution in [2.24, 2.45) is 34.5 Å². The number of aliphatic hydroxyl groups is 2. The molecule has 2 aliphatic rings. The highest BCUT2D eigenvalue weighted by atomic mass is 16.3. The summed E-state index contributed by atoms with van der Waals surface area (Å²) >= 11 is 0. The average Bonchev–Trinajstić information content (AvgIpc) is 2.84. The van der Waals surface area contributed by atoms with Crippen LogP contribution in [0.25, 0.3) is 0 Å². The van der Waals surface area contributed by atoms with Crippen molar-refractivity contribution in [3.8, 4) is 0 Å². The van der Waals surface area contributed by atoms with Gasteiger partial charge in [-0.1, -0.05) is 71.1 Å². The standard InChI is InChI=1S/C32H54O4/c1-7-12-26(28-18-9-14-25(30(28)36)16-11-20-32(5,6)22-34)23(2)27-17-8-13-24(29(27)35)15-10-19-31(3,4)21-33/h7,12,24-25,27-28,33-34H,8-11,13-22H2,1-6H3/b12-7-,26-23-. The van der Waals surface area contributed by atoms with E-state index in [0.717, 1.165) is 88.2 Å². The minimum absolute atomic E-state index is 0.0701. The van der Waals surface area contributed by atoms with Gasteiger partial charge in [0.15, 0.2) is 0 Å². The topological polar surface area (TPSA) is 74.6 Å². The number of hydrogen-bond donors (Lipinski definition) is 2. The van der Waals surface area contributed by atoms with Crippen molar-refractivity contribution in [1.82, 2.24) is 0 Å². The van der Waals surface area contributed by atoms with Gasteiger partial charge in [-0.2, -0.15) is 0 Å². The molecule has 0 heterocycles. The molecule has 0 aliphatic heterocycles. The van der Waals surface area contributed by atoms with Gasteiger partial charge >= 0.3 is 0 Å². The Morgan fingerprint density at radius 2 is 1.25 bits per heavy atom. The van der Waals surface area contributed by atoms with Gasteiger partial charge in [-0.05, 0) is 81.6 Å². The fourth-order valence-corrected chi connectivity index (χ4v) is 6.30. The molecular formula is C32H54O4. The molecule has 0 amide bonds. The predicted molar refractivity (Wildman–Crippen MR) is 149 cm³/mol. The van der Waals surface area contributed by atoms with E-state index in [4.69, 9.17) is 0 Å². The maximum atomic E-state index is 13.6. The van der Waals surface area contributed by atoms with Gasteiger partial charge in [-0.25, -0.2) is 0 Å². The maximum absolute atomic E-state index is 13.6. The minimum atomic E-state index is -0.0932. The number of Topliss-reactive ketones (excluding diaryl/α,β-unsaturated/α-hetero) is 2. The average molecular weight is 503 g/mol. The normalized spacial score (nSPS) is 27.0. The predicted octanol–water partition coefficient (Wildman–Crippen LogP) is 7.23. The highest BCUT2D eigenvalue weighted by Gasteiger charge is 2.37. The highest BCUT2D eigenvalue weighted by Crippen LogP contribution is 2.40. The fourth-order valence-electron chi connectivity index (χ4n) is 6.30. The first-order chi connectivity index (χ1) is 17.0. The lowest BCUT2D eigenvalue weighted by Gasteiger charge is -2.34. The van der Waals surface area contributed by atoms with E-state index in [2.05, 4.69) is 40.7 Å². The van der Waals surface area contributed by atoms with Gasteiger partial charge in [0.1, 0.15) is 11.6 Å². The molecule has 2 fully saturated rings. The Bertz CT molecular complexity index is 788. The van der Waals surface area contributed by atoms with Crippen molar-refractivity contribution in [2.75, 3.05) is 13.2 Å². The quantitative estimate of drug-likeness (QED) is 0.261. The van der Waals surface area contributed by atoms with Gasteiger partial charge in [0, 0.05) is 36.9 Å². The molecule has 4 atom stereocenters. The Kier molecular flexibility index (Phi) is 12.1. The molecule has 0 saturated heterocycles. The Morgan fingerprint density at radius 1 is 0.806 bits per heavy atom. The van der Waals surface area contributed by atoms with E-state index < -0.39 is 0 Å². The second kappa shape index (κ2) is 14.0. The first-order valence-corrected chi connectivity index (χ1v) is 14.6. The first kappa shape index (κ1) is 31.0. The monoisotopic (exact) mass is 502 g/mol. The van der Waals surface area contributed by atoms with E-state index in [-0.39, 0.29) is 47.7 Å². The molecule has 4 unspecified atom stereocenters. The zero-order valence-corrected chi connectivity index (χ0v) is 24.1. The number of hydrogen-bond acceptors (Lipinski definition) is 4. The Labute approximate surface area is 221 Å². The van der Waals surface area contributed by atoms with Gasteiger partial charge in [-0.15, -0.1) is 0 Å². The molecular weight excluding hydrogens is 448 g/mol. The summed E-state index contributed by atoms with van der Waals surface area (Å²) < 4.78 is 0. The fraction of sp³-hybridized carbons (Fsp3) is 0.812. The molecule has 2 N–H and O–H groups in total. The van der Waals surface area contributed by atoms with Crippen LogP contribution in [0, 0.1) is 34.5 Å². The zero-order valence-electron chi connectivity index (χ0n) is 24.1. The lowest BCUT2D eigenvalue weighted by atomic mass is 9.69. The second-order valence-corrected chi connectivity index (χ2v) is 13.2. The van der Waals surface area contributed by atoms with Crippen molar-refractivity contribution < 1.29 is 19.8 Å². The number of carbonyl (C=O) groups excluding carboxylic acids is 2. The highest BCUT2D eigenvalue weighted by molar-refractivity contribution is 5.89. The van der Waals surface area contributed by atoms with Crippen molar-refractivity contribution in [3.05, 3.63) is 23.3 Å². The molecule has 0 aromatic heterocycles. The molecule has 4 heteroatoms. The molecule has 0 aromatic carbocycles. The molecule has 0 spiro atoms. The molecule has 0 radical (unpaired) electrons. The van der Waals surface area contributed by atoms with E-state index in [0.29, 0.717) is 11.6 Å².